The van der Waals surface area contributed by atoms with Crippen molar-refractivity contribution in [3.63, 3.8) is 0 Å². The highest BCUT2D eigenvalue weighted by Crippen LogP contribution is 2.37. The van der Waals surface area contributed by atoms with Gasteiger partial charge in [0.15, 0.2) is 0 Å². The van der Waals surface area contributed by atoms with Crippen molar-refractivity contribution in [1.29, 1.82) is 0 Å². The topological polar surface area (TPSA) is 40.6 Å². The maximum atomic E-state index is 15.6. The fourth-order valence-electron chi connectivity index (χ4n) is 4.58. The van der Waals surface area contributed by atoms with Crippen molar-refractivity contribution in [1.82, 2.24) is 4.90 Å². The Balaban J connectivity index is 1.37. The van der Waals surface area contributed by atoms with E-state index >= 15 is 4.39 Å². The SMILES string of the molecule is O=S(=O)(c1ccc(N2CCCCC2)cc1)C1(F)CCN(CCc2ccc(F)cc2F)CC1. The van der Waals surface area contributed by atoms with E-state index in [2.05, 4.69) is 4.90 Å². The van der Waals surface area contributed by atoms with Crippen LogP contribution in [0.3, 0.4) is 0 Å². The molecule has 4 nitrogen and oxygen atoms in total. The summed E-state index contributed by atoms with van der Waals surface area (Å²) in [6.07, 6.45) is 3.55. The van der Waals surface area contributed by atoms with Crippen molar-refractivity contribution in [2.45, 2.75) is 48.4 Å². The fourth-order valence-corrected chi connectivity index (χ4v) is 6.22. The number of benzene rings is 2. The number of anilines is 1. The average molecular weight is 467 g/mol. The van der Waals surface area contributed by atoms with E-state index in [0.29, 0.717) is 18.5 Å². The molecule has 0 aromatic heterocycles. The smallest absolute Gasteiger partial charge is 0.217 e. The Kier molecular flexibility index (Phi) is 6.81. The Labute approximate surface area is 187 Å². The molecule has 2 fully saturated rings. The van der Waals surface area contributed by atoms with E-state index in [-0.39, 0.29) is 30.8 Å². The van der Waals surface area contributed by atoms with Gasteiger partial charge >= 0.3 is 0 Å². The van der Waals surface area contributed by atoms with Crippen molar-refractivity contribution < 1.29 is 21.6 Å². The number of nitrogens with zero attached hydrogens (tertiary/aromatic N) is 2. The quantitative estimate of drug-likeness (QED) is 0.617. The molecule has 0 bridgehead atoms. The number of halogens is 3. The predicted molar refractivity (Wildman–Crippen MR) is 119 cm³/mol. The summed E-state index contributed by atoms with van der Waals surface area (Å²) in [6, 6.07) is 10.0. The fraction of sp³-hybridized carbons (Fsp3) is 0.500. The Hall–Kier alpha value is -2.06. The van der Waals surface area contributed by atoms with Gasteiger partial charge in [0.2, 0.25) is 14.8 Å². The van der Waals surface area contributed by atoms with Gasteiger partial charge in [0.1, 0.15) is 11.6 Å². The molecule has 2 aromatic carbocycles. The van der Waals surface area contributed by atoms with E-state index in [9.17, 15) is 17.2 Å². The van der Waals surface area contributed by atoms with Crippen LogP contribution in [0.1, 0.15) is 37.7 Å². The van der Waals surface area contributed by atoms with Crippen molar-refractivity contribution in [3.8, 4) is 0 Å². The molecule has 0 amide bonds. The van der Waals surface area contributed by atoms with Gasteiger partial charge in [0.05, 0.1) is 4.90 Å². The molecular weight excluding hydrogens is 437 g/mol. The molecule has 4 rings (SSSR count). The Morgan fingerprint density at radius 3 is 2.16 bits per heavy atom. The lowest BCUT2D eigenvalue weighted by Crippen LogP contribution is -2.46. The van der Waals surface area contributed by atoms with E-state index in [0.717, 1.165) is 37.7 Å². The first kappa shape index (κ1) is 23.1. The number of likely N-dealkylation sites (tertiary alicyclic amines) is 1. The normalized spacial score (nSPS) is 19.8. The molecule has 2 aliphatic rings. The van der Waals surface area contributed by atoms with E-state index in [1.165, 1.54) is 30.7 Å². The summed E-state index contributed by atoms with van der Waals surface area (Å²) in [5.74, 6) is -1.22. The van der Waals surface area contributed by atoms with Crippen molar-refractivity contribution in [3.05, 3.63) is 59.7 Å². The molecule has 0 atom stereocenters. The summed E-state index contributed by atoms with van der Waals surface area (Å²) in [5, 5.41) is -2.31. The van der Waals surface area contributed by atoms with Crippen LogP contribution in [0.4, 0.5) is 18.9 Å². The first-order chi connectivity index (χ1) is 15.3. The second-order valence-electron chi connectivity index (χ2n) is 8.76. The minimum Gasteiger partial charge on any atom is -0.372 e. The molecule has 2 aromatic rings. The molecule has 0 saturated carbocycles. The highest BCUT2D eigenvalue weighted by molar-refractivity contribution is 7.92. The van der Waals surface area contributed by atoms with Gasteiger partial charge in [-0.05, 0) is 61.6 Å². The summed E-state index contributed by atoms with van der Waals surface area (Å²) in [5.41, 5.74) is 1.37. The summed E-state index contributed by atoms with van der Waals surface area (Å²) >= 11 is 0. The van der Waals surface area contributed by atoms with Crippen LogP contribution in [-0.4, -0.2) is 51.0 Å². The second kappa shape index (κ2) is 9.43. The lowest BCUT2D eigenvalue weighted by atomic mass is 10.1. The maximum Gasteiger partial charge on any atom is 0.217 e. The van der Waals surface area contributed by atoms with Crippen LogP contribution in [0.2, 0.25) is 0 Å². The largest absolute Gasteiger partial charge is 0.372 e. The third-order valence-corrected chi connectivity index (χ3v) is 8.93. The van der Waals surface area contributed by atoms with Crippen LogP contribution >= 0.6 is 0 Å². The third kappa shape index (κ3) is 4.81. The summed E-state index contributed by atoms with van der Waals surface area (Å²) in [4.78, 5) is 4.17. The Bertz CT molecular complexity index is 1030. The molecule has 2 saturated heterocycles. The molecule has 174 valence electrons. The van der Waals surface area contributed by atoms with Gasteiger partial charge in [-0.25, -0.2) is 21.6 Å². The zero-order valence-electron chi connectivity index (χ0n) is 18.1. The van der Waals surface area contributed by atoms with Gasteiger partial charge in [-0.3, -0.25) is 0 Å². The molecule has 0 radical (unpaired) electrons. The molecule has 2 aliphatic heterocycles. The minimum absolute atomic E-state index is 0.0163. The van der Waals surface area contributed by atoms with E-state index in [4.69, 9.17) is 0 Å². The zero-order valence-corrected chi connectivity index (χ0v) is 18.9. The molecular formula is C24H29F3N2O2S. The molecule has 2 heterocycles. The number of sulfone groups is 1. The summed E-state index contributed by atoms with van der Waals surface area (Å²) < 4.78 is 68.6. The van der Waals surface area contributed by atoms with Crippen LogP contribution in [0, 0.1) is 11.6 Å². The van der Waals surface area contributed by atoms with Crippen LogP contribution < -0.4 is 4.90 Å². The Morgan fingerprint density at radius 1 is 0.875 bits per heavy atom. The van der Waals surface area contributed by atoms with E-state index < -0.39 is 26.5 Å². The number of hydrogen-bond acceptors (Lipinski definition) is 4. The molecule has 32 heavy (non-hydrogen) atoms. The minimum atomic E-state index is -4.12. The van der Waals surface area contributed by atoms with Crippen molar-refractivity contribution >= 4 is 15.5 Å². The molecule has 0 spiro atoms. The standard InChI is InChI=1S/C24H29F3N2O2S/c25-20-5-4-19(23(26)18-20)10-15-28-16-11-24(27,12-17-28)32(30,31)22-8-6-21(7-9-22)29-13-2-1-3-14-29/h4-9,18H,1-3,10-17H2. The number of alkyl halides is 1. The lowest BCUT2D eigenvalue weighted by molar-refractivity contribution is 0.120. The van der Waals surface area contributed by atoms with Crippen LogP contribution in [0.5, 0.6) is 0 Å². The van der Waals surface area contributed by atoms with E-state index in [1.54, 1.807) is 12.1 Å². The van der Waals surface area contributed by atoms with Crippen LogP contribution in [0.25, 0.3) is 0 Å². The number of hydrogen-bond donors (Lipinski definition) is 0. The molecule has 8 heteroatoms. The molecule has 0 aliphatic carbocycles. The van der Waals surface area contributed by atoms with Gasteiger partial charge in [0.25, 0.3) is 0 Å². The van der Waals surface area contributed by atoms with Crippen molar-refractivity contribution in [2.24, 2.45) is 0 Å². The Morgan fingerprint density at radius 2 is 1.53 bits per heavy atom. The average Bonchev–Trinajstić information content (AvgIpc) is 2.80. The maximum absolute atomic E-state index is 15.6. The van der Waals surface area contributed by atoms with Gasteiger partial charge in [-0.15, -0.1) is 0 Å². The van der Waals surface area contributed by atoms with Gasteiger partial charge in [0, 0.05) is 57.3 Å². The van der Waals surface area contributed by atoms with Crippen LogP contribution in [-0.2, 0) is 16.3 Å². The highest BCUT2D eigenvalue weighted by atomic mass is 32.2. The monoisotopic (exact) mass is 466 g/mol. The van der Waals surface area contributed by atoms with Gasteiger partial charge in [-0.1, -0.05) is 6.07 Å². The second-order valence-corrected chi connectivity index (χ2v) is 11.0. The number of rotatable bonds is 6. The van der Waals surface area contributed by atoms with Crippen LogP contribution in [0.15, 0.2) is 47.4 Å². The molecule has 0 N–H and O–H groups in total. The first-order valence-electron chi connectivity index (χ1n) is 11.2. The highest BCUT2D eigenvalue weighted by Gasteiger charge is 2.47. The molecule has 0 unspecified atom stereocenters. The zero-order chi connectivity index (χ0) is 22.8. The number of piperidine rings is 2. The van der Waals surface area contributed by atoms with Gasteiger partial charge in [-0.2, -0.15) is 0 Å². The van der Waals surface area contributed by atoms with Crippen molar-refractivity contribution in [2.75, 3.05) is 37.6 Å². The first-order valence-corrected chi connectivity index (χ1v) is 12.7. The lowest BCUT2D eigenvalue weighted by Gasteiger charge is -2.36. The van der Waals surface area contributed by atoms with E-state index in [1.807, 2.05) is 4.90 Å². The summed E-state index contributed by atoms with van der Waals surface area (Å²) in [6.45, 7) is 2.91. The van der Waals surface area contributed by atoms with Gasteiger partial charge < -0.3 is 9.80 Å². The summed E-state index contributed by atoms with van der Waals surface area (Å²) in [7, 11) is -4.12. The predicted octanol–water partition coefficient (Wildman–Crippen LogP) is 4.73. The third-order valence-electron chi connectivity index (χ3n) is 6.67.